The quantitative estimate of drug-likeness (QED) is 0.890. The third-order valence-corrected chi connectivity index (χ3v) is 6.01. The molecule has 6 heteroatoms. The summed E-state index contributed by atoms with van der Waals surface area (Å²) in [6, 6.07) is 9.60. The molecule has 134 valence electrons. The Kier molecular flexibility index (Phi) is 4.04. The topological polar surface area (TPSA) is 73.1 Å². The fourth-order valence-electron chi connectivity index (χ4n) is 3.91. The van der Waals surface area contributed by atoms with Crippen LogP contribution in [0.3, 0.4) is 0 Å². The number of rotatable bonds is 3. The third-order valence-electron chi connectivity index (χ3n) is 5.18. The zero-order chi connectivity index (χ0) is 18.4. The summed E-state index contributed by atoms with van der Waals surface area (Å²) in [4.78, 5) is 4.01. The molecule has 1 fully saturated rings. The van der Waals surface area contributed by atoms with E-state index < -0.39 is 10.0 Å². The molecular formula is C20H19FN2O2S. The van der Waals surface area contributed by atoms with E-state index in [2.05, 4.69) is 17.1 Å². The average Bonchev–Trinajstić information content (AvgIpc) is 3.22. The Balaban J connectivity index is 1.79. The van der Waals surface area contributed by atoms with Gasteiger partial charge in [0.1, 0.15) is 5.82 Å². The van der Waals surface area contributed by atoms with Gasteiger partial charge in [0.25, 0.3) is 10.0 Å². The third kappa shape index (κ3) is 3.10. The minimum atomic E-state index is -3.82. The van der Waals surface area contributed by atoms with Crippen molar-refractivity contribution in [1.82, 2.24) is 4.98 Å². The molecule has 26 heavy (non-hydrogen) atoms. The van der Waals surface area contributed by atoms with Gasteiger partial charge in [0, 0.05) is 17.2 Å². The van der Waals surface area contributed by atoms with E-state index in [1.165, 1.54) is 37.2 Å². The highest BCUT2D eigenvalue weighted by atomic mass is 32.2. The van der Waals surface area contributed by atoms with Crippen molar-refractivity contribution in [3.8, 4) is 0 Å². The molecule has 1 heterocycles. The first-order valence-corrected chi connectivity index (χ1v) is 10.1. The first-order chi connectivity index (χ1) is 12.4. The molecule has 0 radical (unpaired) electrons. The molecule has 4 rings (SSSR count). The van der Waals surface area contributed by atoms with Gasteiger partial charge in [-0.3, -0.25) is 0 Å². The summed E-state index contributed by atoms with van der Waals surface area (Å²) in [6.45, 7) is 0. The van der Waals surface area contributed by atoms with Crippen LogP contribution >= 0.6 is 0 Å². The van der Waals surface area contributed by atoms with Crippen LogP contribution in [0.2, 0.25) is 0 Å². The Labute approximate surface area is 152 Å². The van der Waals surface area contributed by atoms with Gasteiger partial charge < -0.3 is 0 Å². The highest BCUT2D eigenvalue weighted by Gasteiger charge is 2.36. The molecule has 1 aromatic heterocycles. The maximum absolute atomic E-state index is 13.3. The van der Waals surface area contributed by atoms with Crippen LogP contribution in [0, 0.1) is 11.2 Å². The summed E-state index contributed by atoms with van der Waals surface area (Å²) < 4.78 is 36.2. The summed E-state index contributed by atoms with van der Waals surface area (Å²) in [5.41, 5.74) is 3.84. The number of nitrogens with two attached hydrogens (primary N) is 1. The fourth-order valence-corrected chi connectivity index (χ4v) is 4.37. The van der Waals surface area contributed by atoms with E-state index in [0.29, 0.717) is 0 Å². The van der Waals surface area contributed by atoms with E-state index in [1.807, 2.05) is 0 Å². The molecule has 0 unspecified atom stereocenters. The van der Waals surface area contributed by atoms with Gasteiger partial charge in [-0.05, 0) is 53.8 Å². The van der Waals surface area contributed by atoms with Crippen molar-refractivity contribution in [2.45, 2.75) is 30.7 Å². The van der Waals surface area contributed by atoms with Crippen LogP contribution in [0.1, 0.15) is 36.8 Å². The van der Waals surface area contributed by atoms with Gasteiger partial charge in [-0.1, -0.05) is 37.1 Å². The standard InChI is InChI=1S/C20H19FN2O2S/c21-16-6-3-14(4-7-16)17-11-20(9-1-2-10-20)12-18(17)15-5-8-19(23-13-15)26(22,24)25/h3-8,11-13H,1-2,9-10H2,(H2,22,24,25). The van der Waals surface area contributed by atoms with Crippen LogP contribution < -0.4 is 5.14 Å². The lowest BCUT2D eigenvalue weighted by atomic mass is 9.88. The van der Waals surface area contributed by atoms with Gasteiger partial charge in [0.2, 0.25) is 0 Å². The number of primary sulfonamides is 1. The zero-order valence-electron chi connectivity index (χ0n) is 14.2. The van der Waals surface area contributed by atoms with Crippen molar-refractivity contribution in [3.63, 3.8) is 0 Å². The predicted molar refractivity (Wildman–Crippen MR) is 98.9 cm³/mol. The zero-order valence-corrected chi connectivity index (χ0v) is 15.0. The SMILES string of the molecule is NS(=O)(=O)c1ccc(C2=CC3(C=C2c2ccc(F)cc2)CCCC3)cn1. The Morgan fingerprint density at radius 2 is 1.50 bits per heavy atom. The molecule has 2 aliphatic rings. The number of sulfonamides is 1. The lowest BCUT2D eigenvalue weighted by Crippen LogP contribution is -2.13. The van der Waals surface area contributed by atoms with Crippen LogP contribution in [0.4, 0.5) is 4.39 Å². The lowest BCUT2D eigenvalue weighted by molar-refractivity contribution is 0.523. The lowest BCUT2D eigenvalue weighted by Gasteiger charge is -2.16. The second-order valence-electron chi connectivity index (χ2n) is 6.99. The molecule has 2 N–H and O–H groups in total. The highest BCUT2D eigenvalue weighted by Crippen LogP contribution is 2.51. The van der Waals surface area contributed by atoms with Crippen molar-refractivity contribution in [2.75, 3.05) is 0 Å². The predicted octanol–water partition coefficient (Wildman–Crippen LogP) is 3.91. The average molecular weight is 370 g/mol. The van der Waals surface area contributed by atoms with E-state index in [1.54, 1.807) is 18.2 Å². The largest absolute Gasteiger partial charge is 0.255 e. The van der Waals surface area contributed by atoms with Crippen molar-refractivity contribution in [2.24, 2.45) is 10.6 Å². The number of aromatic nitrogens is 1. The number of hydrogen-bond acceptors (Lipinski definition) is 3. The first-order valence-electron chi connectivity index (χ1n) is 8.58. The van der Waals surface area contributed by atoms with Crippen LogP contribution in [0.25, 0.3) is 11.1 Å². The number of halogens is 1. The summed E-state index contributed by atoms with van der Waals surface area (Å²) in [5.74, 6) is -0.271. The molecule has 0 aliphatic heterocycles. The Morgan fingerprint density at radius 1 is 0.923 bits per heavy atom. The van der Waals surface area contributed by atoms with Gasteiger partial charge in [0.05, 0.1) is 0 Å². The summed E-state index contributed by atoms with van der Waals surface area (Å²) in [7, 11) is -3.82. The minimum absolute atomic E-state index is 0.0255. The Bertz CT molecular complexity index is 1000. The van der Waals surface area contributed by atoms with E-state index in [9.17, 15) is 12.8 Å². The second-order valence-corrected chi connectivity index (χ2v) is 8.50. The molecular weight excluding hydrogens is 351 g/mol. The minimum Gasteiger partial charge on any atom is -0.243 e. The van der Waals surface area contributed by atoms with E-state index in [-0.39, 0.29) is 16.3 Å². The van der Waals surface area contributed by atoms with E-state index in [0.717, 1.165) is 35.1 Å². The monoisotopic (exact) mass is 370 g/mol. The first kappa shape index (κ1) is 17.1. The molecule has 2 aromatic rings. The molecule has 1 spiro atoms. The van der Waals surface area contributed by atoms with Gasteiger partial charge in [-0.2, -0.15) is 0 Å². The maximum Gasteiger partial charge on any atom is 0.255 e. The molecule has 1 aromatic carbocycles. The number of nitrogens with zero attached hydrogens (tertiary/aromatic N) is 1. The smallest absolute Gasteiger partial charge is 0.243 e. The molecule has 0 bridgehead atoms. The van der Waals surface area contributed by atoms with Gasteiger partial charge in [-0.25, -0.2) is 22.9 Å². The number of pyridine rings is 1. The highest BCUT2D eigenvalue weighted by molar-refractivity contribution is 7.89. The Morgan fingerprint density at radius 3 is 2.04 bits per heavy atom. The molecule has 0 saturated heterocycles. The molecule has 0 amide bonds. The van der Waals surface area contributed by atoms with Gasteiger partial charge in [-0.15, -0.1) is 0 Å². The van der Waals surface area contributed by atoms with E-state index >= 15 is 0 Å². The van der Waals surface area contributed by atoms with E-state index in [4.69, 9.17) is 5.14 Å². The second kappa shape index (κ2) is 6.14. The summed E-state index contributed by atoms with van der Waals surface area (Å²) in [6.07, 6.45) is 10.6. The maximum atomic E-state index is 13.3. The normalized spacial score (nSPS) is 18.8. The summed E-state index contributed by atoms with van der Waals surface area (Å²) in [5, 5.41) is 4.99. The van der Waals surface area contributed by atoms with Crippen molar-refractivity contribution in [3.05, 3.63) is 71.7 Å². The van der Waals surface area contributed by atoms with Gasteiger partial charge in [0.15, 0.2) is 5.03 Å². The van der Waals surface area contributed by atoms with Crippen molar-refractivity contribution < 1.29 is 12.8 Å². The van der Waals surface area contributed by atoms with Crippen LogP contribution in [-0.4, -0.2) is 13.4 Å². The molecule has 0 atom stereocenters. The van der Waals surface area contributed by atoms with Crippen LogP contribution in [0.5, 0.6) is 0 Å². The molecule has 4 nitrogen and oxygen atoms in total. The molecule has 1 saturated carbocycles. The van der Waals surface area contributed by atoms with Crippen LogP contribution in [0.15, 0.2) is 59.8 Å². The number of hydrogen-bond donors (Lipinski definition) is 1. The molecule has 2 aliphatic carbocycles. The summed E-state index contributed by atoms with van der Waals surface area (Å²) >= 11 is 0. The van der Waals surface area contributed by atoms with Crippen molar-refractivity contribution in [1.29, 1.82) is 0 Å². The number of benzene rings is 1. The van der Waals surface area contributed by atoms with Gasteiger partial charge >= 0.3 is 0 Å². The van der Waals surface area contributed by atoms with Crippen LogP contribution in [-0.2, 0) is 10.0 Å². The fraction of sp³-hybridized carbons (Fsp3) is 0.250. The Hall–Kier alpha value is -2.31. The number of allylic oxidation sites excluding steroid dienone is 4. The van der Waals surface area contributed by atoms with Crippen molar-refractivity contribution >= 4 is 21.2 Å².